The van der Waals surface area contributed by atoms with Crippen LogP contribution in [0.5, 0.6) is 5.75 Å². The molecule has 2 aromatic rings. The molecule has 1 aliphatic rings. The van der Waals surface area contributed by atoms with Gasteiger partial charge in [0.2, 0.25) is 5.95 Å². The van der Waals surface area contributed by atoms with Crippen molar-refractivity contribution in [2.75, 3.05) is 38.5 Å². The van der Waals surface area contributed by atoms with Gasteiger partial charge in [-0.15, -0.1) is 0 Å². The fourth-order valence-electron chi connectivity index (χ4n) is 2.52. The molecule has 0 atom stereocenters. The normalized spacial score (nSPS) is 13.7. The summed E-state index contributed by atoms with van der Waals surface area (Å²) >= 11 is 0. The van der Waals surface area contributed by atoms with Crippen molar-refractivity contribution in [3.8, 4) is 5.75 Å². The summed E-state index contributed by atoms with van der Waals surface area (Å²) in [5.74, 6) is 1.27. The van der Waals surface area contributed by atoms with Gasteiger partial charge in [-0.05, 0) is 12.1 Å². The Kier molecular flexibility index (Phi) is 4.85. The van der Waals surface area contributed by atoms with Crippen molar-refractivity contribution in [2.45, 2.75) is 0 Å². The minimum absolute atomic E-state index is 0.174. The Morgan fingerprint density at radius 3 is 2.85 bits per heavy atom. The second kappa shape index (κ2) is 7.23. The van der Waals surface area contributed by atoms with Crippen LogP contribution >= 0.6 is 0 Å². The van der Waals surface area contributed by atoms with Gasteiger partial charge in [0.15, 0.2) is 5.75 Å². The number of anilines is 3. The Morgan fingerprint density at radius 2 is 2.23 bits per heavy atom. The van der Waals surface area contributed by atoms with Gasteiger partial charge < -0.3 is 26.5 Å². The lowest BCUT2D eigenvalue weighted by Crippen LogP contribution is -2.32. The van der Waals surface area contributed by atoms with Gasteiger partial charge in [-0.25, -0.2) is 15.0 Å². The molecule has 1 aromatic heterocycles. The largest absolute Gasteiger partial charge is 0.494 e. The zero-order valence-corrected chi connectivity index (χ0v) is 14.7. The van der Waals surface area contributed by atoms with Gasteiger partial charge in [-0.3, -0.25) is 4.79 Å². The van der Waals surface area contributed by atoms with E-state index < -0.39 is 5.91 Å². The highest BCUT2D eigenvalue weighted by Gasteiger charge is 2.20. The molecule has 0 bridgehead atoms. The van der Waals surface area contributed by atoms with Gasteiger partial charge in [0.1, 0.15) is 23.9 Å². The van der Waals surface area contributed by atoms with Crippen molar-refractivity contribution in [3.05, 3.63) is 35.5 Å². The molecular formula is C16H20N8O2. The number of ether oxygens (including phenoxy) is 1. The maximum absolute atomic E-state index is 11.7. The summed E-state index contributed by atoms with van der Waals surface area (Å²) in [6.07, 6.45) is 1.37. The average Bonchev–Trinajstić information content (AvgIpc) is 3.07. The number of aromatic nitrogens is 2. The lowest BCUT2D eigenvalue weighted by molar-refractivity contribution is 0.100. The molecule has 0 fully saturated rings. The predicted octanol–water partition coefficient (Wildman–Crippen LogP) is 0.524. The molecule has 2 heterocycles. The Bertz CT molecular complexity index is 867. The quantitative estimate of drug-likeness (QED) is 0.589. The van der Waals surface area contributed by atoms with Crippen molar-refractivity contribution in [1.29, 1.82) is 0 Å². The number of hydrazine groups is 1. The van der Waals surface area contributed by atoms with Crippen molar-refractivity contribution in [2.24, 2.45) is 10.7 Å². The summed E-state index contributed by atoms with van der Waals surface area (Å²) in [5.41, 5.74) is 10.2. The lowest BCUT2D eigenvalue weighted by Gasteiger charge is -2.17. The number of rotatable bonds is 6. The first-order chi connectivity index (χ1) is 12.5. The number of carbonyl (C=O) groups is 1. The average molecular weight is 356 g/mol. The van der Waals surface area contributed by atoms with E-state index in [2.05, 4.69) is 31.0 Å². The van der Waals surface area contributed by atoms with Crippen molar-refractivity contribution >= 4 is 29.2 Å². The molecule has 1 aliphatic heterocycles. The van der Waals surface area contributed by atoms with Crippen LogP contribution in [-0.4, -0.2) is 54.6 Å². The molecule has 1 aromatic carbocycles. The number of hydrogen-bond donors (Lipinski definition) is 4. The fraction of sp³-hybridized carbons (Fsp3) is 0.250. The number of aliphatic imine (C=N–C) groups is 1. The number of methoxy groups -OCH3 is 1. The second-order valence-electron chi connectivity index (χ2n) is 5.54. The Balaban J connectivity index is 2.02. The van der Waals surface area contributed by atoms with Crippen LogP contribution < -0.4 is 26.5 Å². The number of amides is 1. The van der Waals surface area contributed by atoms with Crippen LogP contribution in [0.2, 0.25) is 0 Å². The molecule has 1 amide bonds. The van der Waals surface area contributed by atoms with Crippen LogP contribution in [0.25, 0.3) is 0 Å². The number of nitrogens with one attached hydrogen (secondary N) is 3. The Morgan fingerprint density at radius 1 is 1.42 bits per heavy atom. The number of para-hydroxylation sites is 1. The van der Waals surface area contributed by atoms with Crippen molar-refractivity contribution in [1.82, 2.24) is 20.4 Å². The van der Waals surface area contributed by atoms with E-state index in [0.29, 0.717) is 29.9 Å². The van der Waals surface area contributed by atoms with Crippen molar-refractivity contribution in [3.63, 3.8) is 0 Å². The highest BCUT2D eigenvalue weighted by molar-refractivity contribution is 6.04. The molecule has 3 rings (SSSR count). The standard InChI is InChI=1S/C16H20N8O2/c1-18-16-19-7-10(13(17)25)15(22-16)21-11-6-4-5-9(12(11)26-3)14-20-8-24(2)23-14/h4-7H,8H2,1-3H3,(H2,17,25)(H,20,23)(H2,18,19,21,22). The van der Waals surface area contributed by atoms with Gasteiger partial charge >= 0.3 is 0 Å². The number of amidine groups is 1. The lowest BCUT2D eigenvalue weighted by atomic mass is 10.1. The van der Waals surface area contributed by atoms with Gasteiger partial charge in [0, 0.05) is 20.3 Å². The van der Waals surface area contributed by atoms with Gasteiger partial charge in [-0.1, -0.05) is 6.07 Å². The molecule has 136 valence electrons. The molecule has 0 unspecified atom stereocenters. The minimum Gasteiger partial charge on any atom is -0.494 e. The number of benzene rings is 1. The van der Waals surface area contributed by atoms with Gasteiger partial charge in [-0.2, -0.15) is 4.98 Å². The molecule has 0 spiro atoms. The Hall–Kier alpha value is -3.40. The summed E-state index contributed by atoms with van der Waals surface area (Å²) in [4.78, 5) is 24.4. The summed E-state index contributed by atoms with van der Waals surface area (Å²) in [6, 6.07) is 5.56. The number of primary amides is 1. The monoisotopic (exact) mass is 356 g/mol. The summed E-state index contributed by atoms with van der Waals surface area (Å²) in [6.45, 7) is 0.541. The molecule has 10 heteroatoms. The molecule has 10 nitrogen and oxygen atoms in total. The van der Waals surface area contributed by atoms with E-state index in [1.165, 1.54) is 6.20 Å². The third-order valence-electron chi connectivity index (χ3n) is 3.74. The zero-order valence-electron chi connectivity index (χ0n) is 14.7. The third kappa shape index (κ3) is 3.35. The van der Waals surface area contributed by atoms with E-state index in [0.717, 1.165) is 5.56 Å². The second-order valence-corrected chi connectivity index (χ2v) is 5.54. The zero-order chi connectivity index (χ0) is 18.7. The van der Waals surface area contributed by atoms with Crippen LogP contribution in [0.3, 0.4) is 0 Å². The molecular weight excluding hydrogens is 336 g/mol. The maximum atomic E-state index is 11.7. The highest BCUT2D eigenvalue weighted by Crippen LogP contribution is 2.32. The fourth-order valence-corrected chi connectivity index (χ4v) is 2.52. The third-order valence-corrected chi connectivity index (χ3v) is 3.74. The molecule has 26 heavy (non-hydrogen) atoms. The topological polar surface area (TPSA) is 130 Å². The maximum Gasteiger partial charge on any atom is 0.254 e. The number of carbonyl (C=O) groups excluding carboxylic acids is 1. The SMILES string of the molecule is CNc1ncc(C(N)=O)c(Nc2cccc(C3=NCN(C)N3)c2OC)n1. The van der Waals surface area contributed by atoms with Gasteiger partial charge in [0.05, 0.1) is 18.4 Å². The number of nitrogens with zero attached hydrogens (tertiary/aromatic N) is 4. The smallest absolute Gasteiger partial charge is 0.254 e. The van der Waals surface area contributed by atoms with E-state index in [9.17, 15) is 4.79 Å². The predicted molar refractivity (Wildman–Crippen MR) is 98.7 cm³/mol. The number of nitrogens with two attached hydrogens (primary N) is 1. The van der Waals surface area contributed by atoms with Crippen LogP contribution in [0.4, 0.5) is 17.5 Å². The molecule has 0 saturated heterocycles. The summed E-state index contributed by atoms with van der Waals surface area (Å²) < 4.78 is 5.58. The van der Waals surface area contributed by atoms with E-state index in [-0.39, 0.29) is 11.4 Å². The Labute approximate surface area is 150 Å². The molecule has 5 N–H and O–H groups in total. The first kappa shape index (κ1) is 17.4. The van der Waals surface area contributed by atoms with Crippen LogP contribution in [0.15, 0.2) is 29.4 Å². The molecule has 0 aliphatic carbocycles. The van der Waals surface area contributed by atoms with Crippen LogP contribution in [0.1, 0.15) is 15.9 Å². The van der Waals surface area contributed by atoms with Crippen LogP contribution in [0, 0.1) is 0 Å². The minimum atomic E-state index is -0.631. The van der Waals surface area contributed by atoms with E-state index in [1.807, 2.05) is 30.3 Å². The summed E-state index contributed by atoms with van der Waals surface area (Å²) in [5, 5.41) is 7.79. The van der Waals surface area contributed by atoms with E-state index >= 15 is 0 Å². The van der Waals surface area contributed by atoms with Crippen LogP contribution in [-0.2, 0) is 0 Å². The number of hydrogen-bond acceptors (Lipinski definition) is 9. The molecule has 0 radical (unpaired) electrons. The first-order valence-electron chi connectivity index (χ1n) is 7.84. The highest BCUT2D eigenvalue weighted by atomic mass is 16.5. The van der Waals surface area contributed by atoms with E-state index in [4.69, 9.17) is 10.5 Å². The van der Waals surface area contributed by atoms with Gasteiger partial charge in [0.25, 0.3) is 5.91 Å². The first-order valence-corrected chi connectivity index (χ1v) is 7.84. The summed E-state index contributed by atoms with van der Waals surface area (Å²) in [7, 11) is 5.15. The van der Waals surface area contributed by atoms with Crippen molar-refractivity contribution < 1.29 is 9.53 Å². The molecule has 0 saturated carbocycles. The van der Waals surface area contributed by atoms with E-state index in [1.54, 1.807) is 14.2 Å².